The van der Waals surface area contributed by atoms with Crippen molar-refractivity contribution in [3.8, 4) is 0 Å². The molecule has 2 aliphatic carbocycles. The number of allylic oxidation sites excluding steroid dienone is 1. The molecule has 0 N–H and O–H groups in total. The molecule has 1 aromatic rings. The molecule has 0 aromatic carbocycles. The zero-order valence-corrected chi connectivity index (χ0v) is 17.1. The van der Waals surface area contributed by atoms with Crippen LogP contribution in [0.1, 0.15) is 70.5 Å². The Balaban J connectivity index is 2.03. The topological polar surface area (TPSA) is 65.7 Å². The third-order valence-corrected chi connectivity index (χ3v) is 6.83. The van der Waals surface area contributed by atoms with Crippen molar-refractivity contribution >= 4 is 11.9 Å². The van der Waals surface area contributed by atoms with E-state index in [1.54, 1.807) is 19.3 Å². The third-order valence-electron chi connectivity index (χ3n) is 6.83. The molecule has 0 spiro atoms. The summed E-state index contributed by atoms with van der Waals surface area (Å²) in [4.78, 5) is 24.3. The lowest BCUT2D eigenvalue weighted by molar-refractivity contribution is -0.186. The van der Waals surface area contributed by atoms with Gasteiger partial charge in [0.05, 0.1) is 6.26 Å². The lowest BCUT2D eigenvalue weighted by Gasteiger charge is -2.54. The molecule has 0 unspecified atom stereocenters. The number of rotatable bonds is 3. The Morgan fingerprint density at radius 1 is 1.26 bits per heavy atom. The van der Waals surface area contributed by atoms with Gasteiger partial charge in [0, 0.05) is 35.8 Å². The predicted octanol–water partition coefficient (Wildman–Crippen LogP) is 4.68. The Kier molecular flexibility index (Phi) is 5.24. The van der Waals surface area contributed by atoms with E-state index in [0.29, 0.717) is 17.9 Å². The van der Waals surface area contributed by atoms with E-state index >= 15 is 0 Å². The van der Waals surface area contributed by atoms with Gasteiger partial charge in [0.25, 0.3) is 0 Å². The Bertz CT molecular complexity index is 774. The minimum Gasteiger partial charge on any atom is -0.469 e. The number of aryl methyl sites for hydroxylation is 1. The zero-order valence-electron chi connectivity index (χ0n) is 17.1. The van der Waals surface area contributed by atoms with Crippen molar-refractivity contribution in [2.75, 3.05) is 0 Å². The quantitative estimate of drug-likeness (QED) is 0.568. The Morgan fingerprint density at radius 2 is 1.96 bits per heavy atom. The fourth-order valence-electron chi connectivity index (χ4n) is 4.87. The van der Waals surface area contributed by atoms with E-state index < -0.39 is 0 Å². The predicted molar refractivity (Wildman–Crippen MR) is 101 cm³/mol. The number of hydrogen-bond acceptors (Lipinski definition) is 5. The van der Waals surface area contributed by atoms with Gasteiger partial charge in [-0.25, -0.2) is 4.79 Å². The molecule has 0 aliphatic heterocycles. The van der Waals surface area contributed by atoms with E-state index in [0.717, 1.165) is 29.7 Å². The number of furan rings is 1. The van der Waals surface area contributed by atoms with Crippen LogP contribution in [0.2, 0.25) is 0 Å². The lowest BCUT2D eigenvalue weighted by atomic mass is 9.53. The first kappa shape index (κ1) is 19.7. The Labute approximate surface area is 161 Å². The molecule has 0 amide bonds. The second-order valence-corrected chi connectivity index (χ2v) is 8.32. The van der Waals surface area contributed by atoms with E-state index in [4.69, 9.17) is 13.9 Å². The van der Waals surface area contributed by atoms with Gasteiger partial charge in [-0.05, 0) is 45.1 Å². The first-order valence-electron chi connectivity index (χ1n) is 9.78. The molecule has 2 aliphatic rings. The molecule has 5 atom stereocenters. The van der Waals surface area contributed by atoms with Crippen LogP contribution in [0.5, 0.6) is 0 Å². The number of esters is 2. The van der Waals surface area contributed by atoms with Gasteiger partial charge < -0.3 is 13.9 Å². The number of hydrogen-bond donors (Lipinski definition) is 0. The molecule has 1 saturated carbocycles. The van der Waals surface area contributed by atoms with E-state index in [-0.39, 0.29) is 35.5 Å². The van der Waals surface area contributed by atoms with Gasteiger partial charge >= 0.3 is 11.9 Å². The molecule has 1 heterocycles. The fourth-order valence-corrected chi connectivity index (χ4v) is 4.87. The second-order valence-electron chi connectivity index (χ2n) is 8.32. The monoisotopic (exact) mass is 374 g/mol. The van der Waals surface area contributed by atoms with Gasteiger partial charge in [-0.3, -0.25) is 4.79 Å². The van der Waals surface area contributed by atoms with Gasteiger partial charge in [0.2, 0.25) is 0 Å². The van der Waals surface area contributed by atoms with Crippen LogP contribution in [0.3, 0.4) is 0 Å². The summed E-state index contributed by atoms with van der Waals surface area (Å²) >= 11 is 0. The van der Waals surface area contributed by atoms with Crippen LogP contribution >= 0.6 is 0 Å². The zero-order chi connectivity index (χ0) is 19.9. The van der Waals surface area contributed by atoms with Gasteiger partial charge in [-0.2, -0.15) is 0 Å². The molecular formula is C22H30O5. The first-order valence-corrected chi connectivity index (χ1v) is 9.78. The van der Waals surface area contributed by atoms with E-state index in [1.165, 1.54) is 6.92 Å². The van der Waals surface area contributed by atoms with Crippen molar-refractivity contribution in [3.05, 3.63) is 34.8 Å². The number of ether oxygens (including phenoxy) is 2. The summed E-state index contributed by atoms with van der Waals surface area (Å²) < 4.78 is 17.6. The molecule has 5 nitrogen and oxygen atoms in total. The van der Waals surface area contributed by atoms with Crippen LogP contribution in [0.4, 0.5) is 0 Å². The van der Waals surface area contributed by atoms with Gasteiger partial charge in [0.1, 0.15) is 18.0 Å². The van der Waals surface area contributed by atoms with E-state index in [9.17, 15) is 9.59 Å². The van der Waals surface area contributed by atoms with Gasteiger partial charge in [-0.1, -0.05) is 19.9 Å². The summed E-state index contributed by atoms with van der Waals surface area (Å²) in [6.45, 7) is 11.4. The maximum Gasteiger partial charge on any atom is 0.333 e. The summed E-state index contributed by atoms with van der Waals surface area (Å²) in [5.41, 5.74) is 2.29. The van der Waals surface area contributed by atoms with E-state index in [1.807, 2.05) is 13.8 Å². The number of carbonyl (C=O) groups excluding carboxylic acids is 2. The highest BCUT2D eigenvalue weighted by molar-refractivity contribution is 5.87. The standard InChI is InChI=1S/C22H30O5/c1-7-12(2)21(24)27-17-9-8-14(4)22(6)16(17)10-18-19(13(3)11-25-18)20(22)26-15(5)23/h7,11,14,16-17,20H,8-10H2,1-6H3/b12-7-/t14-,16-,17+,20+,22+/m0/s1. The molecule has 1 aromatic heterocycles. The van der Waals surface area contributed by atoms with Crippen molar-refractivity contribution < 1.29 is 23.5 Å². The second kappa shape index (κ2) is 7.17. The van der Waals surface area contributed by atoms with Crippen molar-refractivity contribution in [2.24, 2.45) is 17.3 Å². The largest absolute Gasteiger partial charge is 0.469 e. The summed E-state index contributed by atoms with van der Waals surface area (Å²) in [5, 5.41) is 0. The van der Waals surface area contributed by atoms with Crippen LogP contribution in [-0.4, -0.2) is 18.0 Å². The van der Waals surface area contributed by atoms with Crippen molar-refractivity contribution in [2.45, 2.75) is 73.0 Å². The molecule has 1 fully saturated rings. The highest BCUT2D eigenvalue weighted by Gasteiger charge is 2.58. The average molecular weight is 374 g/mol. The summed E-state index contributed by atoms with van der Waals surface area (Å²) in [6.07, 6.45) is 5.32. The average Bonchev–Trinajstić information content (AvgIpc) is 2.98. The molecule has 0 saturated heterocycles. The van der Waals surface area contributed by atoms with Crippen LogP contribution < -0.4 is 0 Å². The lowest BCUT2D eigenvalue weighted by Crippen LogP contribution is -2.54. The summed E-state index contributed by atoms with van der Waals surface area (Å²) in [5.74, 6) is 0.637. The van der Waals surface area contributed by atoms with Crippen molar-refractivity contribution in [1.29, 1.82) is 0 Å². The Morgan fingerprint density at radius 3 is 2.59 bits per heavy atom. The summed E-state index contributed by atoms with van der Waals surface area (Å²) in [7, 11) is 0. The third kappa shape index (κ3) is 3.21. The normalized spacial score (nSPS) is 33.0. The van der Waals surface area contributed by atoms with Gasteiger partial charge in [0.15, 0.2) is 0 Å². The highest BCUT2D eigenvalue weighted by atomic mass is 16.6. The molecular weight excluding hydrogens is 344 g/mol. The minimum atomic E-state index is -0.387. The molecule has 27 heavy (non-hydrogen) atoms. The SMILES string of the molecule is C/C=C(/C)C(=O)O[C@@H]1CC[C@H](C)[C@@]2(C)[C@H](OC(C)=O)c3c(C)coc3C[C@@H]12. The van der Waals surface area contributed by atoms with Crippen molar-refractivity contribution in [1.82, 2.24) is 0 Å². The first-order chi connectivity index (χ1) is 12.7. The van der Waals surface area contributed by atoms with Gasteiger partial charge in [-0.15, -0.1) is 0 Å². The minimum absolute atomic E-state index is 0.0391. The summed E-state index contributed by atoms with van der Waals surface area (Å²) in [6, 6.07) is 0. The fraction of sp³-hybridized carbons (Fsp3) is 0.636. The maximum atomic E-state index is 12.4. The number of carbonyl (C=O) groups is 2. The van der Waals surface area contributed by atoms with E-state index in [2.05, 4.69) is 13.8 Å². The van der Waals surface area contributed by atoms with Crippen molar-refractivity contribution in [3.63, 3.8) is 0 Å². The molecule has 0 radical (unpaired) electrons. The molecule has 0 bridgehead atoms. The molecule has 5 heteroatoms. The van der Waals surface area contributed by atoms with Crippen LogP contribution in [0.15, 0.2) is 22.3 Å². The van der Waals surface area contributed by atoms with Crippen LogP contribution in [-0.2, 0) is 25.5 Å². The van der Waals surface area contributed by atoms with Crippen LogP contribution in [0, 0.1) is 24.2 Å². The molecule has 148 valence electrons. The molecule has 3 rings (SSSR count). The maximum absolute atomic E-state index is 12.4. The highest BCUT2D eigenvalue weighted by Crippen LogP contribution is 2.60. The number of fused-ring (bicyclic) bond motifs is 2. The Hall–Kier alpha value is -2.04. The smallest absolute Gasteiger partial charge is 0.333 e. The van der Waals surface area contributed by atoms with Crippen LogP contribution in [0.25, 0.3) is 0 Å².